The molecule has 0 radical (unpaired) electrons. The Kier molecular flexibility index (Phi) is 5.68. The van der Waals surface area contributed by atoms with Gasteiger partial charge < -0.3 is 18.8 Å². The lowest BCUT2D eigenvalue weighted by molar-refractivity contribution is -0.107. The van der Waals surface area contributed by atoms with Gasteiger partial charge in [-0.2, -0.15) is 0 Å². The molecule has 0 unspecified atom stereocenters. The summed E-state index contributed by atoms with van der Waals surface area (Å²) in [7, 11) is 1.69. The number of carbonyl (C=O) groups is 1. The summed E-state index contributed by atoms with van der Waals surface area (Å²) in [6, 6.07) is 22.8. The average Bonchev–Trinajstić information content (AvgIpc) is 3.59. The summed E-state index contributed by atoms with van der Waals surface area (Å²) in [4.78, 5) is 11.1. The van der Waals surface area contributed by atoms with Gasteiger partial charge in [0.2, 0.25) is 0 Å². The molecule has 1 heterocycles. The lowest BCUT2D eigenvalue weighted by Gasteiger charge is -2.08. The predicted octanol–water partition coefficient (Wildman–Crippen LogP) is 5.90. The molecular formula is C28H27NO3. The number of benzene rings is 3. The van der Waals surface area contributed by atoms with Gasteiger partial charge in [-0.3, -0.25) is 0 Å². The Morgan fingerprint density at radius 3 is 2.62 bits per heavy atom. The zero-order valence-electron chi connectivity index (χ0n) is 18.3. The minimum atomic E-state index is 0.418. The third-order valence-electron chi connectivity index (χ3n) is 6.08. The van der Waals surface area contributed by atoms with E-state index >= 15 is 0 Å². The molecule has 32 heavy (non-hydrogen) atoms. The number of aldehydes is 1. The van der Waals surface area contributed by atoms with Crippen LogP contribution in [0.5, 0.6) is 11.5 Å². The van der Waals surface area contributed by atoms with E-state index in [1.807, 2.05) is 24.3 Å². The minimum absolute atomic E-state index is 0.418. The van der Waals surface area contributed by atoms with Crippen LogP contribution in [-0.2, 0) is 17.8 Å². The van der Waals surface area contributed by atoms with Crippen molar-refractivity contribution in [1.29, 1.82) is 0 Å². The second-order valence-electron chi connectivity index (χ2n) is 8.53. The van der Waals surface area contributed by atoms with E-state index in [4.69, 9.17) is 9.47 Å². The Bertz CT molecular complexity index is 1250. The van der Waals surface area contributed by atoms with E-state index in [0.717, 1.165) is 58.5 Å². The molecule has 4 aromatic rings. The highest BCUT2D eigenvalue weighted by Crippen LogP contribution is 2.35. The van der Waals surface area contributed by atoms with Crippen molar-refractivity contribution in [3.63, 3.8) is 0 Å². The SMILES string of the molecule is COc1cccc(Cn2cc(-c3cccc(OCC4CC4)c3)c3cc(CC=O)ccc32)c1. The van der Waals surface area contributed by atoms with E-state index in [1.165, 1.54) is 18.4 Å². The Hall–Kier alpha value is -3.53. The smallest absolute Gasteiger partial charge is 0.124 e. The van der Waals surface area contributed by atoms with Crippen molar-refractivity contribution in [3.05, 3.63) is 84.1 Å². The molecule has 162 valence electrons. The van der Waals surface area contributed by atoms with Crippen LogP contribution in [0.3, 0.4) is 0 Å². The van der Waals surface area contributed by atoms with Crippen LogP contribution in [0.15, 0.2) is 72.9 Å². The summed E-state index contributed by atoms with van der Waals surface area (Å²) in [5.74, 6) is 2.48. The van der Waals surface area contributed by atoms with E-state index < -0.39 is 0 Å². The molecule has 3 aromatic carbocycles. The summed E-state index contributed by atoms with van der Waals surface area (Å²) in [5.41, 5.74) is 5.60. The molecule has 0 atom stereocenters. The largest absolute Gasteiger partial charge is 0.497 e. The number of carbonyl (C=O) groups excluding carboxylic acids is 1. The zero-order valence-corrected chi connectivity index (χ0v) is 18.3. The van der Waals surface area contributed by atoms with Gasteiger partial charge in [-0.1, -0.05) is 30.3 Å². The second kappa shape index (κ2) is 8.91. The Morgan fingerprint density at radius 1 is 0.969 bits per heavy atom. The van der Waals surface area contributed by atoms with E-state index in [9.17, 15) is 4.79 Å². The van der Waals surface area contributed by atoms with Gasteiger partial charge in [-0.05, 0) is 71.8 Å². The maximum atomic E-state index is 11.1. The van der Waals surface area contributed by atoms with Crippen molar-refractivity contribution in [2.45, 2.75) is 25.8 Å². The van der Waals surface area contributed by atoms with Gasteiger partial charge in [0.25, 0.3) is 0 Å². The highest BCUT2D eigenvalue weighted by Gasteiger charge is 2.22. The van der Waals surface area contributed by atoms with Gasteiger partial charge in [0, 0.05) is 35.6 Å². The fourth-order valence-corrected chi connectivity index (χ4v) is 4.15. The van der Waals surface area contributed by atoms with Crippen LogP contribution in [0, 0.1) is 5.92 Å². The van der Waals surface area contributed by atoms with Crippen LogP contribution in [0.25, 0.3) is 22.0 Å². The molecule has 1 aliphatic carbocycles. The van der Waals surface area contributed by atoms with Gasteiger partial charge in [-0.25, -0.2) is 0 Å². The van der Waals surface area contributed by atoms with E-state index in [-0.39, 0.29) is 0 Å². The molecule has 0 spiro atoms. The number of fused-ring (bicyclic) bond motifs is 1. The molecule has 1 aromatic heterocycles. The fourth-order valence-electron chi connectivity index (χ4n) is 4.15. The number of nitrogens with zero attached hydrogens (tertiary/aromatic N) is 1. The van der Waals surface area contributed by atoms with Gasteiger partial charge >= 0.3 is 0 Å². The van der Waals surface area contributed by atoms with Gasteiger partial charge in [0.15, 0.2) is 0 Å². The third-order valence-corrected chi connectivity index (χ3v) is 6.08. The molecule has 5 rings (SSSR count). The molecule has 0 bridgehead atoms. The molecule has 0 saturated heterocycles. The van der Waals surface area contributed by atoms with E-state index in [2.05, 4.69) is 53.2 Å². The summed E-state index contributed by atoms with van der Waals surface area (Å²) >= 11 is 0. The standard InChI is InChI=1S/C28H27NO3/c1-31-24-6-2-4-22(14-24)17-29-18-27(26-15-20(12-13-30)10-11-28(26)29)23-5-3-7-25(16-23)32-19-21-8-9-21/h2-7,10-11,13-16,18,21H,8-9,12,17,19H2,1H3. The van der Waals surface area contributed by atoms with Crippen molar-refractivity contribution in [2.75, 3.05) is 13.7 Å². The Labute approximate surface area is 188 Å². The topological polar surface area (TPSA) is 40.5 Å². The molecule has 0 amide bonds. The van der Waals surface area contributed by atoms with Crippen molar-refractivity contribution in [2.24, 2.45) is 5.92 Å². The lowest BCUT2D eigenvalue weighted by Crippen LogP contribution is -1.99. The number of ether oxygens (including phenoxy) is 2. The second-order valence-corrected chi connectivity index (χ2v) is 8.53. The lowest BCUT2D eigenvalue weighted by atomic mass is 10.0. The first-order valence-corrected chi connectivity index (χ1v) is 11.1. The highest BCUT2D eigenvalue weighted by molar-refractivity contribution is 5.97. The van der Waals surface area contributed by atoms with Gasteiger partial charge in [0.05, 0.1) is 13.7 Å². The first kappa shape index (κ1) is 20.4. The number of rotatable bonds is 9. The third kappa shape index (κ3) is 4.40. The number of hydrogen-bond donors (Lipinski definition) is 0. The molecule has 0 aliphatic heterocycles. The van der Waals surface area contributed by atoms with Crippen LogP contribution >= 0.6 is 0 Å². The average molecular weight is 426 g/mol. The number of aromatic nitrogens is 1. The van der Waals surface area contributed by atoms with Crippen LogP contribution in [-0.4, -0.2) is 24.6 Å². The monoisotopic (exact) mass is 425 g/mol. The molecule has 1 fully saturated rings. The quantitative estimate of drug-likeness (QED) is 0.314. The zero-order chi connectivity index (χ0) is 21.9. The summed E-state index contributed by atoms with van der Waals surface area (Å²) in [5, 5.41) is 1.14. The van der Waals surface area contributed by atoms with Gasteiger partial charge in [0.1, 0.15) is 17.8 Å². The van der Waals surface area contributed by atoms with Crippen molar-refractivity contribution in [3.8, 4) is 22.6 Å². The first-order chi connectivity index (χ1) is 15.7. The maximum Gasteiger partial charge on any atom is 0.124 e. The Balaban J connectivity index is 1.55. The van der Waals surface area contributed by atoms with Crippen molar-refractivity contribution < 1.29 is 14.3 Å². The fraction of sp³-hybridized carbons (Fsp3) is 0.250. The van der Waals surface area contributed by atoms with E-state index in [1.54, 1.807) is 7.11 Å². The molecule has 0 N–H and O–H groups in total. The molecular weight excluding hydrogens is 398 g/mol. The number of methoxy groups -OCH3 is 1. The molecule has 1 aliphatic rings. The Morgan fingerprint density at radius 2 is 1.81 bits per heavy atom. The van der Waals surface area contributed by atoms with Crippen LogP contribution < -0.4 is 9.47 Å². The summed E-state index contributed by atoms with van der Waals surface area (Å²) in [6.07, 6.45) is 6.13. The highest BCUT2D eigenvalue weighted by atomic mass is 16.5. The summed E-state index contributed by atoms with van der Waals surface area (Å²) < 4.78 is 13.7. The summed E-state index contributed by atoms with van der Waals surface area (Å²) in [6.45, 7) is 1.53. The van der Waals surface area contributed by atoms with Gasteiger partial charge in [-0.15, -0.1) is 0 Å². The van der Waals surface area contributed by atoms with Crippen molar-refractivity contribution >= 4 is 17.2 Å². The van der Waals surface area contributed by atoms with Crippen molar-refractivity contribution in [1.82, 2.24) is 4.57 Å². The molecule has 1 saturated carbocycles. The maximum absolute atomic E-state index is 11.1. The minimum Gasteiger partial charge on any atom is -0.497 e. The molecule has 4 heteroatoms. The van der Waals surface area contributed by atoms with Crippen LogP contribution in [0.1, 0.15) is 24.0 Å². The van der Waals surface area contributed by atoms with E-state index in [0.29, 0.717) is 12.3 Å². The number of hydrogen-bond acceptors (Lipinski definition) is 3. The molecule has 4 nitrogen and oxygen atoms in total. The van der Waals surface area contributed by atoms with Crippen LogP contribution in [0.2, 0.25) is 0 Å². The first-order valence-electron chi connectivity index (χ1n) is 11.1. The predicted molar refractivity (Wildman–Crippen MR) is 127 cm³/mol. The normalized spacial score (nSPS) is 13.3. The van der Waals surface area contributed by atoms with Crippen LogP contribution in [0.4, 0.5) is 0 Å².